The number of carbonyl (C=O) groups is 1. The molecule has 2 heterocycles. The summed E-state index contributed by atoms with van der Waals surface area (Å²) in [4.78, 5) is 27.6. The Hall–Kier alpha value is -3.96. The molecule has 7 nitrogen and oxygen atoms in total. The molecule has 12 heteroatoms. The van der Waals surface area contributed by atoms with Crippen LogP contribution in [0.4, 0.5) is 22.0 Å². The predicted octanol–water partition coefficient (Wildman–Crippen LogP) is 3.18. The first-order valence-corrected chi connectivity index (χ1v) is 8.43. The summed E-state index contributed by atoms with van der Waals surface area (Å²) in [5.74, 6) is -3.96. The lowest BCUT2D eigenvalue weighted by molar-refractivity contribution is -0.274. The van der Waals surface area contributed by atoms with Crippen molar-refractivity contribution in [3.05, 3.63) is 93.7 Å². The van der Waals surface area contributed by atoms with Gasteiger partial charge < -0.3 is 15.3 Å². The molecule has 3 rings (SSSR count). The van der Waals surface area contributed by atoms with Crippen molar-refractivity contribution in [1.29, 1.82) is 0 Å². The van der Waals surface area contributed by atoms with Crippen molar-refractivity contribution in [3.63, 3.8) is 0 Å². The molecule has 1 amide bonds. The molecule has 0 fully saturated rings. The summed E-state index contributed by atoms with van der Waals surface area (Å²) >= 11 is 0. The van der Waals surface area contributed by atoms with Gasteiger partial charge in [-0.05, 0) is 30.3 Å². The van der Waals surface area contributed by atoms with Crippen molar-refractivity contribution in [2.75, 3.05) is 0 Å². The molecule has 2 aromatic heterocycles. The smallest absolute Gasteiger partial charge is 0.425 e. The average Bonchev–Trinajstić information content (AvgIpc) is 2.68. The van der Waals surface area contributed by atoms with E-state index in [1.165, 1.54) is 12.3 Å². The first-order valence-electron chi connectivity index (χ1n) is 8.43. The number of nitrogens with zero attached hydrogens (tertiary/aromatic N) is 2. The van der Waals surface area contributed by atoms with E-state index < -0.39 is 52.5 Å². The third-order valence-electron chi connectivity index (χ3n) is 4.01. The Morgan fingerprint density at radius 2 is 1.87 bits per heavy atom. The van der Waals surface area contributed by atoms with Gasteiger partial charge >= 0.3 is 6.36 Å². The summed E-state index contributed by atoms with van der Waals surface area (Å²) in [6.45, 7) is 0. The fourth-order valence-corrected chi connectivity index (χ4v) is 2.67. The molecular formula is C19H12F5N3O4. The number of hydrogen-bond donors (Lipinski definition) is 2. The Morgan fingerprint density at radius 1 is 1.13 bits per heavy atom. The Bertz CT molecular complexity index is 1180. The SMILES string of the molecule is O=C(N[C@@H](c1ccc(OC(F)(F)F)cc1F)c1ncccc1F)c1ccc(=O)n(O)c1. The molecule has 31 heavy (non-hydrogen) atoms. The highest BCUT2D eigenvalue weighted by atomic mass is 19.4. The molecule has 1 atom stereocenters. The topological polar surface area (TPSA) is 93.5 Å². The van der Waals surface area contributed by atoms with Crippen LogP contribution in [0.15, 0.2) is 59.7 Å². The molecule has 2 N–H and O–H groups in total. The van der Waals surface area contributed by atoms with Crippen LogP contribution in [-0.2, 0) is 0 Å². The van der Waals surface area contributed by atoms with E-state index in [0.29, 0.717) is 6.07 Å². The van der Waals surface area contributed by atoms with Crippen LogP contribution in [0.1, 0.15) is 27.7 Å². The zero-order valence-corrected chi connectivity index (χ0v) is 15.2. The maximum atomic E-state index is 14.6. The number of rotatable bonds is 5. The van der Waals surface area contributed by atoms with Crippen LogP contribution in [-0.4, -0.2) is 27.2 Å². The van der Waals surface area contributed by atoms with Gasteiger partial charge in [-0.1, -0.05) is 0 Å². The second-order valence-electron chi connectivity index (χ2n) is 6.11. The van der Waals surface area contributed by atoms with Gasteiger partial charge in [-0.15, -0.1) is 13.2 Å². The fraction of sp³-hybridized carbons (Fsp3) is 0.105. The van der Waals surface area contributed by atoms with Crippen LogP contribution < -0.4 is 15.6 Å². The number of alkyl halides is 3. The first-order chi connectivity index (χ1) is 14.5. The van der Waals surface area contributed by atoms with Gasteiger partial charge in [-0.2, -0.15) is 4.73 Å². The molecule has 0 spiro atoms. The quantitative estimate of drug-likeness (QED) is 0.469. The number of halogens is 5. The molecule has 0 saturated carbocycles. The first kappa shape index (κ1) is 21.7. The van der Waals surface area contributed by atoms with Gasteiger partial charge in [-0.25, -0.2) is 8.78 Å². The summed E-state index contributed by atoms with van der Waals surface area (Å²) in [5.41, 5.74) is -1.88. The summed E-state index contributed by atoms with van der Waals surface area (Å²) in [6, 6.07) is 4.72. The van der Waals surface area contributed by atoms with Gasteiger partial charge in [0, 0.05) is 23.9 Å². The van der Waals surface area contributed by atoms with Crippen molar-refractivity contribution in [2.24, 2.45) is 0 Å². The van der Waals surface area contributed by atoms with E-state index in [4.69, 9.17) is 0 Å². The normalized spacial score (nSPS) is 12.3. The number of aromatic nitrogens is 2. The number of amides is 1. The highest BCUT2D eigenvalue weighted by Crippen LogP contribution is 2.30. The van der Waals surface area contributed by atoms with E-state index in [0.717, 1.165) is 36.5 Å². The van der Waals surface area contributed by atoms with Crippen molar-refractivity contribution in [3.8, 4) is 5.75 Å². The highest BCUT2D eigenvalue weighted by Gasteiger charge is 2.32. The Kier molecular flexibility index (Phi) is 5.90. The molecule has 0 unspecified atom stereocenters. The predicted molar refractivity (Wildman–Crippen MR) is 94.5 cm³/mol. The van der Waals surface area contributed by atoms with Crippen LogP contribution in [0.3, 0.4) is 0 Å². The van der Waals surface area contributed by atoms with E-state index in [-0.39, 0.29) is 10.3 Å². The van der Waals surface area contributed by atoms with Crippen LogP contribution in [0.25, 0.3) is 0 Å². The third kappa shape index (κ3) is 5.15. The van der Waals surface area contributed by atoms with E-state index in [1.807, 2.05) is 0 Å². The van der Waals surface area contributed by atoms with Crippen LogP contribution >= 0.6 is 0 Å². The average molecular weight is 441 g/mol. The van der Waals surface area contributed by atoms with Crippen LogP contribution in [0.2, 0.25) is 0 Å². The van der Waals surface area contributed by atoms with E-state index in [1.54, 1.807) is 0 Å². The van der Waals surface area contributed by atoms with Gasteiger partial charge in [-0.3, -0.25) is 14.6 Å². The lowest BCUT2D eigenvalue weighted by Crippen LogP contribution is -2.32. The molecule has 3 aromatic rings. The summed E-state index contributed by atoms with van der Waals surface area (Å²) in [7, 11) is 0. The minimum Gasteiger partial charge on any atom is -0.425 e. The van der Waals surface area contributed by atoms with Gasteiger partial charge in [0.05, 0.1) is 11.8 Å². The lowest BCUT2D eigenvalue weighted by atomic mass is 10.0. The highest BCUT2D eigenvalue weighted by molar-refractivity contribution is 5.94. The summed E-state index contributed by atoms with van der Waals surface area (Å²) < 4.78 is 69.8. The Morgan fingerprint density at radius 3 is 2.48 bits per heavy atom. The Labute approximate surface area is 170 Å². The lowest BCUT2D eigenvalue weighted by Gasteiger charge is -2.20. The van der Waals surface area contributed by atoms with Crippen LogP contribution in [0, 0.1) is 11.6 Å². The maximum Gasteiger partial charge on any atom is 0.573 e. The second kappa shape index (κ2) is 8.42. The Balaban J connectivity index is 2.01. The van der Waals surface area contributed by atoms with E-state index in [9.17, 15) is 36.7 Å². The number of hydrogen-bond acceptors (Lipinski definition) is 5. The minimum atomic E-state index is -5.05. The maximum absolute atomic E-state index is 14.6. The molecule has 0 aliphatic rings. The van der Waals surface area contributed by atoms with E-state index >= 15 is 0 Å². The van der Waals surface area contributed by atoms with Crippen molar-refractivity contribution >= 4 is 5.91 Å². The molecule has 0 saturated heterocycles. The van der Waals surface area contributed by atoms with Crippen molar-refractivity contribution < 1.29 is 36.7 Å². The number of carbonyl (C=O) groups excluding carboxylic acids is 1. The third-order valence-corrected chi connectivity index (χ3v) is 4.01. The number of benzene rings is 1. The second-order valence-corrected chi connectivity index (χ2v) is 6.11. The molecule has 0 radical (unpaired) electrons. The monoisotopic (exact) mass is 441 g/mol. The van der Waals surface area contributed by atoms with Gasteiger partial charge in [0.25, 0.3) is 11.5 Å². The zero-order valence-electron chi connectivity index (χ0n) is 15.2. The molecule has 1 aromatic carbocycles. The van der Waals surface area contributed by atoms with E-state index in [2.05, 4.69) is 15.0 Å². The van der Waals surface area contributed by atoms with Crippen LogP contribution in [0.5, 0.6) is 5.75 Å². The molecule has 0 aliphatic carbocycles. The molecule has 162 valence electrons. The van der Waals surface area contributed by atoms with Gasteiger partial charge in [0.15, 0.2) is 0 Å². The molecule has 0 bridgehead atoms. The molecule has 0 aliphatic heterocycles. The zero-order chi connectivity index (χ0) is 22.8. The minimum absolute atomic E-state index is 0.134. The summed E-state index contributed by atoms with van der Waals surface area (Å²) in [6.07, 6.45) is -3.10. The number of ether oxygens (including phenoxy) is 1. The fourth-order valence-electron chi connectivity index (χ4n) is 2.67. The number of nitrogens with one attached hydrogen (secondary N) is 1. The largest absolute Gasteiger partial charge is 0.573 e. The van der Waals surface area contributed by atoms with Gasteiger partial charge in [0.1, 0.15) is 29.1 Å². The number of pyridine rings is 2. The molecular weight excluding hydrogens is 429 g/mol. The van der Waals surface area contributed by atoms with Crippen molar-refractivity contribution in [2.45, 2.75) is 12.4 Å². The standard InChI is InChI=1S/C19H12F5N3O4/c20-13-2-1-7-25-17(13)16(26-18(29)10-3-6-15(28)27(30)9-10)12-5-4-11(8-14(12)21)31-19(22,23)24/h1-9,16,30H,(H,26,29)/t16-/m0/s1. The van der Waals surface area contributed by atoms with Gasteiger partial charge in [0.2, 0.25) is 0 Å². The van der Waals surface area contributed by atoms with Crippen molar-refractivity contribution in [1.82, 2.24) is 15.0 Å². The summed E-state index contributed by atoms with van der Waals surface area (Å²) in [5, 5.41) is 11.7.